The van der Waals surface area contributed by atoms with Gasteiger partial charge in [-0.25, -0.2) is 0 Å². The van der Waals surface area contributed by atoms with Gasteiger partial charge in [0.15, 0.2) is 5.75 Å². The molecule has 0 saturated carbocycles. The number of ether oxygens (including phenoxy) is 1. The molecule has 0 aliphatic rings. The molecule has 1 amide bonds. The number of hydrogen-bond acceptors (Lipinski definition) is 2. The quantitative estimate of drug-likeness (QED) is 0.604. The number of para-hydroxylation sites is 3. The molecule has 0 aromatic heterocycles. The lowest BCUT2D eigenvalue weighted by Crippen LogP contribution is -2.13. The number of aryl methyl sites for hydroxylation is 2. The zero-order valence-corrected chi connectivity index (χ0v) is 14.9. The smallest absolute Gasteiger partial charge is 0.224 e. The Hall–Kier alpha value is -3.07. The Morgan fingerprint density at radius 2 is 1.50 bits per heavy atom. The molecule has 0 unspecified atom stereocenters. The molecule has 26 heavy (non-hydrogen) atoms. The van der Waals surface area contributed by atoms with E-state index in [0.717, 1.165) is 18.6 Å². The van der Waals surface area contributed by atoms with Gasteiger partial charge in [-0.3, -0.25) is 4.79 Å². The second-order valence-corrected chi connectivity index (χ2v) is 6.13. The molecule has 0 heterocycles. The zero-order chi connectivity index (χ0) is 18.2. The highest BCUT2D eigenvalue weighted by Gasteiger charge is 2.09. The maximum Gasteiger partial charge on any atom is 0.224 e. The minimum absolute atomic E-state index is 0.0197. The normalized spacial score (nSPS) is 10.3. The van der Waals surface area contributed by atoms with Crippen molar-refractivity contribution in [2.75, 3.05) is 5.32 Å². The van der Waals surface area contributed by atoms with Crippen molar-refractivity contribution in [2.24, 2.45) is 0 Å². The van der Waals surface area contributed by atoms with Crippen molar-refractivity contribution in [3.05, 3.63) is 90.0 Å². The van der Waals surface area contributed by atoms with E-state index in [2.05, 4.69) is 36.5 Å². The van der Waals surface area contributed by atoms with Crippen LogP contribution in [-0.4, -0.2) is 5.91 Å². The second-order valence-electron chi connectivity index (χ2n) is 6.13. The summed E-state index contributed by atoms with van der Waals surface area (Å²) in [5, 5.41) is 2.96. The first-order valence-electron chi connectivity index (χ1n) is 8.94. The highest BCUT2D eigenvalue weighted by atomic mass is 16.5. The number of benzene rings is 3. The third-order valence-electron chi connectivity index (χ3n) is 4.20. The number of anilines is 1. The molecule has 0 fully saturated rings. The first kappa shape index (κ1) is 17.7. The molecule has 1 N–H and O–H groups in total. The van der Waals surface area contributed by atoms with Gasteiger partial charge in [-0.05, 0) is 48.2 Å². The van der Waals surface area contributed by atoms with E-state index >= 15 is 0 Å². The van der Waals surface area contributed by atoms with E-state index in [0.29, 0.717) is 17.9 Å². The van der Waals surface area contributed by atoms with Gasteiger partial charge in [0.05, 0.1) is 5.69 Å². The first-order chi connectivity index (χ1) is 12.7. The molecular formula is C23H23NO2. The fourth-order valence-corrected chi connectivity index (χ4v) is 2.69. The Morgan fingerprint density at radius 1 is 0.846 bits per heavy atom. The van der Waals surface area contributed by atoms with Crippen LogP contribution in [0, 0.1) is 0 Å². The number of carbonyl (C=O) groups excluding carboxylic acids is 1. The van der Waals surface area contributed by atoms with Gasteiger partial charge in [0.1, 0.15) is 5.75 Å². The molecule has 0 atom stereocenters. The van der Waals surface area contributed by atoms with E-state index in [-0.39, 0.29) is 5.91 Å². The number of nitrogens with one attached hydrogen (secondary N) is 1. The second kappa shape index (κ2) is 8.86. The Bertz CT molecular complexity index is 842. The molecule has 0 radical (unpaired) electrons. The van der Waals surface area contributed by atoms with Crippen LogP contribution >= 0.6 is 0 Å². The molecule has 3 heteroatoms. The first-order valence-corrected chi connectivity index (χ1v) is 8.94. The van der Waals surface area contributed by atoms with Crippen LogP contribution in [0.2, 0.25) is 0 Å². The molecule has 0 spiro atoms. The Labute approximate surface area is 154 Å². The Morgan fingerprint density at radius 3 is 2.23 bits per heavy atom. The maximum atomic E-state index is 12.3. The van der Waals surface area contributed by atoms with Gasteiger partial charge < -0.3 is 10.1 Å². The SMILES string of the molecule is CCc1ccc(CCC(=O)Nc2ccccc2Oc2ccccc2)cc1. The molecular weight excluding hydrogens is 322 g/mol. The molecule has 3 nitrogen and oxygen atoms in total. The van der Waals surface area contributed by atoms with Crippen LogP contribution in [0.5, 0.6) is 11.5 Å². The lowest BCUT2D eigenvalue weighted by molar-refractivity contribution is -0.116. The summed E-state index contributed by atoms with van der Waals surface area (Å²) in [5.41, 5.74) is 3.17. The van der Waals surface area contributed by atoms with Crippen molar-refractivity contribution in [2.45, 2.75) is 26.2 Å². The predicted molar refractivity (Wildman–Crippen MR) is 106 cm³/mol. The fraction of sp³-hybridized carbons (Fsp3) is 0.174. The monoisotopic (exact) mass is 345 g/mol. The Kier molecular flexibility index (Phi) is 6.05. The van der Waals surface area contributed by atoms with Gasteiger partial charge in [-0.15, -0.1) is 0 Å². The van der Waals surface area contributed by atoms with Crippen molar-refractivity contribution in [3.8, 4) is 11.5 Å². The van der Waals surface area contributed by atoms with Crippen LogP contribution in [-0.2, 0) is 17.6 Å². The molecule has 0 aliphatic carbocycles. The van der Waals surface area contributed by atoms with Gasteiger partial charge in [-0.2, -0.15) is 0 Å². The van der Waals surface area contributed by atoms with Crippen molar-refractivity contribution < 1.29 is 9.53 Å². The number of amides is 1. The fourth-order valence-electron chi connectivity index (χ4n) is 2.69. The maximum absolute atomic E-state index is 12.3. The molecule has 0 bridgehead atoms. The average molecular weight is 345 g/mol. The topological polar surface area (TPSA) is 38.3 Å². The van der Waals surface area contributed by atoms with Gasteiger partial charge in [-0.1, -0.05) is 61.5 Å². The van der Waals surface area contributed by atoms with Gasteiger partial charge in [0.2, 0.25) is 5.91 Å². The minimum Gasteiger partial charge on any atom is -0.455 e. The largest absolute Gasteiger partial charge is 0.455 e. The van der Waals surface area contributed by atoms with E-state index in [9.17, 15) is 4.79 Å². The van der Waals surface area contributed by atoms with Crippen LogP contribution in [0.4, 0.5) is 5.69 Å². The number of hydrogen-bond donors (Lipinski definition) is 1. The summed E-state index contributed by atoms with van der Waals surface area (Å²) < 4.78 is 5.88. The third-order valence-corrected chi connectivity index (χ3v) is 4.20. The van der Waals surface area contributed by atoms with E-state index < -0.39 is 0 Å². The van der Waals surface area contributed by atoms with Gasteiger partial charge in [0.25, 0.3) is 0 Å². The molecule has 3 rings (SSSR count). The summed E-state index contributed by atoms with van der Waals surface area (Å²) in [6.07, 6.45) is 2.18. The Balaban J connectivity index is 1.60. The van der Waals surface area contributed by atoms with Gasteiger partial charge >= 0.3 is 0 Å². The van der Waals surface area contributed by atoms with Crippen molar-refractivity contribution >= 4 is 11.6 Å². The number of rotatable bonds is 7. The summed E-state index contributed by atoms with van der Waals surface area (Å²) in [5.74, 6) is 1.36. The van der Waals surface area contributed by atoms with Crippen LogP contribution in [0.25, 0.3) is 0 Å². The molecule has 0 aliphatic heterocycles. The van der Waals surface area contributed by atoms with Crippen LogP contribution < -0.4 is 10.1 Å². The average Bonchev–Trinajstić information content (AvgIpc) is 2.69. The highest BCUT2D eigenvalue weighted by Crippen LogP contribution is 2.29. The van der Waals surface area contributed by atoms with Crippen LogP contribution in [0.15, 0.2) is 78.9 Å². The highest BCUT2D eigenvalue weighted by molar-refractivity contribution is 5.92. The van der Waals surface area contributed by atoms with Crippen molar-refractivity contribution in [1.82, 2.24) is 0 Å². The molecule has 3 aromatic rings. The standard InChI is InChI=1S/C23H23NO2/c1-2-18-12-14-19(15-13-18)16-17-23(25)24-21-10-6-7-11-22(21)26-20-8-4-3-5-9-20/h3-15H,2,16-17H2,1H3,(H,24,25). The third kappa shape index (κ3) is 4.96. The lowest BCUT2D eigenvalue weighted by Gasteiger charge is -2.12. The van der Waals surface area contributed by atoms with Gasteiger partial charge in [0, 0.05) is 6.42 Å². The summed E-state index contributed by atoms with van der Waals surface area (Å²) in [7, 11) is 0. The zero-order valence-electron chi connectivity index (χ0n) is 14.9. The predicted octanol–water partition coefficient (Wildman–Crippen LogP) is 5.61. The van der Waals surface area contributed by atoms with E-state index in [1.54, 1.807) is 0 Å². The summed E-state index contributed by atoms with van der Waals surface area (Å²) in [4.78, 5) is 12.3. The molecule has 3 aromatic carbocycles. The number of carbonyl (C=O) groups is 1. The summed E-state index contributed by atoms with van der Waals surface area (Å²) in [6.45, 7) is 2.14. The van der Waals surface area contributed by atoms with E-state index in [1.165, 1.54) is 11.1 Å². The van der Waals surface area contributed by atoms with Crippen molar-refractivity contribution in [1.29, 1.82) is 0 Å². The lowest BCUT2D eigenvalue weighted by atomic mass is 10.1. The van der Waals surface area contributed by atoms with Crippen LogP contribution in [0.3, 0.4) is 0 Å². The summed E-state index contributed by atoms with van der Waals surface area (Å²) >= 11 is 0. The molecule has 0 saturated heterocycles. The molecule has 132 valence electrons. The van der Waals surface area contributed by atoms with Crippen molar-refractivity contribution in [3.63, 3.8) is 0 Å². The summed E-state index contributed by atoms with van der Waals surface area (Å²) in [6, 6.07) is 25.5. The van der Waals surface area contributed by atoms with E-state index in [4.69, 9.17) is 4.74 Å². The van der Waals surface area contributed by atoms with E-state index in [1.807, 2.05) is 54.6 Å². The minimum atomic E-state index is -0.0197. The van der Waals surface area contributed by atoms with Crippen LogP contribution in [0.1, 0.15) is 24.5 Å².